The van der Waals surface area contributed by atoms with Crippen molar-refractivity contribution >= 4 is 5.91 Å². The predicted molar refractivity (Wildman–Crippen MR) is 52.2 cm³/mol. The van der Waals surface area contributed by atoms with Crippen LogP contribution in [-0.4, -0.2) is 10.5 Å². The van der Waals surface area contributed by atoms with Crippen LogP contribution in [0.15, 0.2) is 18.5 Å². The van der Waals surface area contributed by atoms with Crippen LogP contribution in [0, 0.1) is 0 Å². The van der Waals surface area contributed by atoms with Gasteiger partial charge in [-0.05, 0) is 18.1 Å². The molecule has 0 aliphatic carbocycles. The summed E-state index contributed by atoms with van der Waals surface area (Å²) in [5, 5.41) is 2.86. The maximum atomic E-state index is 11.1. The Bertz CT molecular complexity index is 278. The second kappa shape index (κ2) is 4.70. The number of carbonyl (C=O) groups is 1. The minimum atomic E-state index is 0.131. The van der Waals surface area contributed by atoms with Gasteiger partial charge in [-0.3, -0.25) is 4.79 Å². The van der Waals surface area contributed by atoms with E-state index in [1.165, 1.54) is 0 Å². The fourth-order valence-electron chi connectivity index (χ4n) is 1.18. The molecule has 0 spiro atoms. The number of aryl methyl sites for hydroxylation is 1. The van der Waals surface area contributed by atoms with E-state index in [0.29, 0.717) is 13.0 Å². The highest BCUT2D eigenvalue weighted by Crippen LogP contribution is 1.98. The summed E-state index contributed by atoms with van der Waals surface area (Å²) in [5.74, 6) is 0.131. The first-order valence-corrected chi connectivity index (χ1v) is 4.60. The van der Waals surface area contributed by atoms with E-state index in [4.69, 9.17) is 0 Å². The van der Waals surface area contributed by atoms with Gasteiger partial charge in [-0.25, -0.2) is 0 Å². The molecule has 1 heterocycles. The molecule has 0 aliphatic rings. The van der Waals surface area contributed by atoms with E-state index in [1.807, 2.05) is 37.0 Å². The van der Waals surface area contributed by atoms with Gasteiger partial charge in [-0.15, -0.1) is 0 Å². The van der Waals surface area contributed by atoms with Gasteiger partial charge in [-0.2, -0.15) is 0 Å². The third-order valence-corrected chi connectivity index (χ3v) is 1.86. The summed E-state index contributed by atoms with van der Waals surface area (Å²) in [7, 11) is 1.97. The lowest BCUT2D eigenvalue weighted by Crippen LogP contribution is -2.21. The van der Waals surface area contributed by atoms with E-state index in [2.05, 4.69) is 5.32 Å². The number of hydrogen-bond acceptors (Lipinski definition) is 1. The monoisotopic (exact) mass is 180 g/mol. The van der Waals surface area contributed by atoms with Gasteiger partial charge < -0.3 is 9.88 Å². The van der Waals surface area contributed by atoms with Crippen molar-refractivity contribution in [1.29, 1.82) is 0 Å². The molecule has 0 unspecified atom stereocenters. The molecular formula is C10H16N2O. The van der Waals surface area contributed by atoms with Crippen LogP contribution >= 0.6 is 0 Å². The van der Waals surface area contributed by atoms with Crippen molar-refractivity contribution in [2.75, 3.05) is 0 Å². The lowest BCUT2D eigenvalue weighted by Gasteiger charge is -2.01. The van der Waals surface area contributed by atoms with Gasteiger partial charge in [-0.1, -0.05) is 6.92 Å². The minimum Gasteiger partial charge on any atom is -0.357 e. The largest absolute Gasteiger partial charge is 0.357 e. The first-order valence-electron chi connectivity index (χ1n) is 4.60. The van der Waals surface area contributed by atoms with Crippen molar-refractivity contribution in [3.05, 3.63) is 24.0 Å². The standard InChI is InChI=1S/C10H16N2O/c1-3-4-10(13)11-7-9-5-6-12(2)8-9/h5-6,8H,3-4,7H2,1-2H3,(H,11,13). The van der Waals surface area contributed by atoms with Gasteiger partial charge in [0.05, 0.1) is 0 Å². The molecule has 0 saturated carbocycles. The second-order valence-corrected chi connectivity index (χ2v) is 3.21. The van der Waals surface area contributed by atoms with E-state index in [9.17, 15) is 4.79 Å². The van der Waals surface area contributed by atoms with Crippen molar-refractivity contribution in [2.45, 2.75) is 26.3 Å². The lowest BCUT2D eigenvalue weighted by molar-refractivity contribution is -0.121. The summed E-state index contributed by atoms with van der Waals surface area (Å²) in [6, 6.07) is 2.01. The van der Waals surface area contributed by atoms with Crippen molar-refractivity contribution in [3.63, 3.8) is 0 Å². The number of rotatable bonds is 4. The molecule has 0 bridgehead atoms. The predicted octanol–water partition coefficient (Wildman–Crippen LogP) is 1.44. The van der Waals surface area contributed by atoms with E-state index in [0.717, 1.165) is 12.0 Å². The molecule has 0 fully saturated rings. The zero-order valence-corrected chi connectivity index (χ0v) is 8.21. The van der Waals surface area contributed by atoms with Gasteiger partial charge in [0.25, 0.3) is 0 Å². The first-order chi connectivity index (χ1) is 6.22. The van der Waals surface area contributed by atoms with Crippen LogP contribution in [-0.2, 0) is 18.4 Å². The van der Waals surface area contributed by atoms with Gasteiger partial charge >= 0.3 is 0 Å². The maximum absolute atomic E-state index is 11.1. The van der Waals surface area contributed by atoms with Gasteiger partial charge in [0, 0.05) is 32.4 Å². The Morgan fingerprint density at radius 2 is 2.38 bits per heavy atom. The van der Waals surface area contributed by atoms with E-state index < -0.39 is 0 Å². The molecule has 1 amide bonds. The Hall–Kier alpha value is -1.25. The Balaban J connectivity index is 2.30. The van der Waals surface area contributed by atoms with Gasteiger partial charge in [0.1, 0.15) is 0 Å². The summed E-state index contributed by atoms with van der Waals surface area (Å²) in [6.45, 7) is 2.64. The average Bonchev–Trinajstić information content (AvgIpc) is 2.49. The Labute approximate surface area is 78.8 Å². The highest BCUT2D eigenvalue weighted by molar-refractivity contribution is 5.75. The molecule has 0 aliphatic heterocycles. The molecule has 3 heteroatoms. The summed E-state index contributed by atoms with van der Waals surface area (Å²) < 4.78 is 1.97. The second-order valence-electron chi connectivity index (χ2n) is 3.21. The number of hydrogen-bond donors (Lipinski definition) is 1. The van der Waals surface area contributed by atoms with Crippen molar-refractivity contribution in [3.8, 4) is 0 Å². The third kappa shape index (κ3) is 3.32. The van der Waals surface area contributed by atoms with E-state index >= 15 is 0 Å². The van der Waals surface area contributed by atoms with Crippen molar-refractivity contribution in [1.82, 2.24) is 9.88 Å². The Kier molecular flexibility index (Phi) is 3.55. The smallest absolute Gasteiger partial charge is 0.220 e. The van der Waals surface area contributed by atoms with Crippen LogP contribution in [0.5, 0.6) is 0 Å². The maximum Gasteiger partial charge on any atom is 0.220 e. The SMILES string of the molecule is CCCC(=O)NCc1ccn(C)c1. The minimum absolute atomic E-state index is 0.131. The van der Waals surface area contributed by atoms with Gasteiger partial charge in [0.2, 0.25) is 5.91 Å². The molecule has 13 heavy (non-hydrogen) atoms. The molecule has 0 atom stereocenters. The molecule has 1 N–H and O–H groups in total. The fourth-order valence-corrected chi connectivity index (χ4v) is 1.18. The van der Waals surface area contributed by atoms with E-state index in [1.54, 1.807) is 0 Å². The van der Waals surface area contributed by atoms with Gasteiger partial charge in [0.15, 0.2) is 0 Å². The normalized spacial score (nSPS) is 10.0. The van der Waals surface area contributed by atoms with Crippen LogP contribution in [0.25, 0.3) is 0 Å². The molecule has 0 aromatic carbocycles. The van der Waals surface area contributed by atoms with Crippen LogP contribution in [0.2, 0.25) is 0 Å². The number of aromatic nitrogens is 1. The first kappa shape index (κ1) is 9.84. The zero-order chi connectivity index (χ0) is 9.68. The number of nitrogens with zero attached hydrogens (tertiary/aromatic N) is 1. The van der Waals surface area contributed by atoms with Crippen molar-refractivity contribution in [2.24, 2.45) is 7.05 Å². The average molecular weight is 180 g/mol. The molecule has 1 aromatic heterocycles. The molecule has 0 radical (unpaired) electrons. The fraction of sp³-hybridized carbons (Fsp3) is 0.500. The zero-order valence-electron chi connectivity index (χ0n) is 8.21. The Morgan fingerprint density at radius 1 is 1.62 bits per heavy atom. The quantitative estimate of drug-likeness (QED) is 0.747. The summed E-state index contributed by atoms with van der Waals surface area (Å²) >= 11 is 0. The van der Waals surface area contributed by atoms with Crippen LogP contribution in [0.1, 0.15) is 25.3 Å². The third-order valence-electron chi connectivity index (χ3n) is 1.86. The van der Waals surface area contributed by atoms with Crippen LogP contribution in [0.3, 0.4) is 0 Å². The lowest BCUT2D eigenvalue weighted by atomic mass is 10.3. The highest BCUT2D eigenvalue weighted by atomic mass is 16.1. The molecule has 72 valence electrons. The van der Waals surface area contributed by atoms with Crippen LogP contribution < -0.4 is 5.32 Å². The highest BCUT2D eigenvalue weighted by Gasteiger charge is 1.99. The van der Waals surface area contributed by atoms with Crippen molar-refractivity contribution < 1.29 is 4.79 Å². The molecular weight excluding hydrogens is 164 g/mol. The van der Waals surface area contributed by atoms with Crippen LogP contribution in [0.4, 0.5) is 0 Å². The summed E-state index contributed by atoms with van der Waals surface area (Å²) in [4.78, 5) is 11.1. The number of nitrogens with one attached hydrogen (secondary N) is 1. The molecule has 3 nitrogen and oxygen atoms in total. The number of amides is 1. The number of carbonyl (C=O) groups excluding carboxylic acids is 1. The molecule has 0 saturated heterocycles. The topological polar surface area (TPSA) is 34.0 Å². The molecule has 1 aromatic rings. The molecule has 1 rings (SSSR count). The Morgan fingerprint density at radius 3 is 2.92 bits per heavy atom. The van der Waals surface area contributed by atoms with E-state index in [-0.39, 0.29) is 5.91 Å². The summed E-state index contributed by atoms with van der Waals surface area (Å²) in [6.07, 6.45) is 5.50. The summed E-state index contributed by atoms with van der Waals surface area (Å²) in [5.41, 5.74) is 1.15.